The molecule has 6 heteroatoms. The minimum atomic E-state index is -4.42. The molecule has 2 aromatic carbocycles. The number of ether oxygens (including phenoxy) is 1. The zero-order valence-electron chi connectivity index (χ0n) is 10.9. The van der Waals surface area contributed by atoms with Crippen molar-refractivity contribution >= 4 is 6.29 Å². The van der Waals surface area contributed by atoms with Crippen LogP contribution in [0.4, 0.5) is 13.2 Å². The summed E-state index contributed by atoms with van der Waals surface area (Å²) in [4.78, 5) is 11.1. The molecule has 0 radical (unpaired) electrons. The predicted octanol–water partition coefficient (Wildman–Crippen LogP) is 3.90. The average molecular weight is 296 g/mol. The maximum Gasteiger partial charge on any atom is 0.416 e. The minimum absolute atomic E-state index is 0.118. The van der Waals surface area contributed by atoms with Gasteiger partial charge < -0.3 is 9.84 Å². The van der Waals surface area contributed by atoms with E-state index in [2.05, 4.69) is 0 Å². The second-order valence-electron chi connectivity index (χ2n) is 4.30. The van der Waals surface area contributed by atoms with Crippen LogP contribution in [0.1, 0.15) is 15.9 Å². The third-order valence-corrected chi connectivity index (χ3v) is 3.00. The number of carbonyl (C=O) groups excluding carboxylic acids is 1. The summed E-state index contributed by atoms with van der Waals surface area (Å²) in [5, 5.41) is 9.74. The fourth-order valence-electron chi connectivity index (χ4n) is 1.93. The Balaban J connectivity index is 2.51. The van der Waals surface area contributed by atoms with Crippen LogP contribution in [0, 0.1) is 0 Å². The van der Waals surface area contributed by atoms with Crippen LogP contribution in [0.2, 0.25) is 0 Å². The van der Waals surface area contributed by atoms with Crippen LogP contribution in [-0.4, -0.2) is 18.5 Å². The number of aldehydes is 1. The summed E-state index contributed by atoms with van der Waals surface area (Å²) in [6, 6.07) is 6.95. The van der Waals surface area contributed by atoms with Gasteiger partial charge in [-0.05, 0) is 35.4 Å². The van der Waals surface area contributed by atoms with Gasteiger partial charge in [-0.1, -0.05) is 12.1 Å². The lowest BCUT2D eigenvalue weighted by Crippen LogP contribution is -2.04. The van der Waals surface area contributed by atoms with Gasteiger partial charge in [-0.3, -0.25) is 4.79 Å². The second-order valence-corrected chi connectivity index (χ2v) is 4.30. The van der Waals surface area contributed by atoms with Crippen molar-refractivity contribution in [2.45, 2.75) is 6.18 Å². The third-order valence-electron chi connectivity index (χ3n) is 3.00. The van der Waals surface area contributed by atoms with Crippen LogP contribution in [0.15, 0.2) is 36.4 Å². The molecular weight excluding hydrogens is 285 g/mol. The quantitative estimate of drug-likeness (QED) is 0.874. The summed E-state index contributed by atoms with van der Waals surface area (Å²) in [6.07, 6.45) is -3.87. The van der Waals surface area contributed by atoms with E-state index in [9.17, 15) is 23.1 Å². The van der Waals surface area contributed by atoms with Crippen molar-refractivity contribution in [1.82, 2.24) is 0 Å². The van der Waals surface area contributed by atoms with Gasteiger partial charge >= 0.3 is 6.18 Å². The number of aromatic hydroxyl groups is 1. The van der Waals surface area contributed by atoms with Crippen molar-refractivity contribution in [3.05, 3.63) is 47.5 Å². The lowest BCUT2D eigenvalue weighted by molar-refractivity contribution is -0.137. The standard InChI is InChI=1S/C15H11F3O3/c1-21-14-6-10(8-19)12(7-13(14)20)9-2-4-11(5-3-9)15(16,17)18/h2-8,20H,1H3. The van der Waals surface area contributed by atoms with Crippen molar-refractivity contribution < 1.29 is 27.8 Å². The molecule has 2 aromatic rings. The summed E-state index contributed by atoms with van der Waals surface area (Å²) in [7, 11) is 1.33. The predicted molar refractivity (Wildman–Crippen MR) is 70.5 cm³/mol. The van der Waals surface area contributed by atoms with Gasteiger partial charge in [0.25, 0.3) is 0 Å². The van der Waals surface area contributed by atoms with E-state index in [1.807, 2.05) is 0 Å². The van der Waals surface area contributed by atoms with E-state index in [0.717, 1.165) is 12.1 Å². The van der Waals surface area contributed by atoms with Gasteiger partial charge in [0.05, 0.1) is 12.7 Å². The molecule has 2 rings (SSSR count). The van der Waals surface area contributed by atoms with Crippen LogP contribution in [0.3, 0.4) is 0 Å². The number of alkyl halides is 3. The maximum absolute atomic E-state index is 12.5. The molecule has 0 aliphatic rings. The van der Waals surface area contributed by atoms with Gasteiger partial charge in [-0.15, -0.1) is 0 Å². The zero-order chi connectivity index (χ0) is 15.6. The third kappa shape index (κ3) is 2.99. The van der Waals surface area contributed by atoms with Crippen LogP contribution in [0.5, 0.6) is 11.5 Å². The molecule has 0 atom stereocenters. The zero-order valence-corrected chi connectivity index (χ0v) is 10.9. The van der Waals surface area contributed by atoms with Crippen molar-refractivity contribution in [1.29, 1.82) is 0 Å². The number of phenols is 1. The Bertz CT molecular complexity index is 661. The summed E-state index contributed by atoms with van der Waals surface area (Å²) in [5.74, 6) is -0.0780. The highest BCUT2D eigenvalue weighted by atomic mass is 19.4. The Morgan fingerprint density at radius 3 is 2.24 bits per heavy atom. The molecule has 0 aliphatic carbocycles. The molecule has 0 bridgehead atoms. The highest BCUT2D eigenvalue weighted by Gasteiger charge is 2.30. The molecule has 0 aromatic heterocycles. The van der Waals surface area contributed by atoms with E-state index in [-0.39, 0.29) is 17.1 Å². The molecule has 21 heavy (non-hydrogen) atoms. The van der Waals surface area contributed by atoms with Crippen molar-refractivity contribution in [3.8, 4) is 22.6 Å². The Labute approximate surface area is 118 Å². The highest BCUT2D eigenvalue weighted by Crippen LogP contribution is 2.36. The van der Waals surface area contributed by atoms with Gasteiger partial charge in [-0.25, -0.2) is 0 Å². The molecule has 1 N–H and O–H groups in total. The largest absolute Gasteiger partial charge is 0.504 e. The molecule has 0 amide bonds. The summed E-state index contributed by atoms with van der Waals surface area (Å²) in [5.41, 5.74) is 0.154. The van der Waals surface area contributed by atoms with E-state index in [0.29, 0.717) is 17.4 Å². The first kappa shape index (κ1) is 14.9. The van der Waals surface area contributed by atoms with Crippen LogP contribution < -0.4 is 4.74 Å². The lowest BCUT2D eigenvalue weighted by atomic mass is 9.98. The average Bonchev–Trinajstić information content (AvgIpc) is 2.46. The number of halogens is 3. The van der Waals surface area contributed by atoms with Gasteiger partial charge in [0.1, 0.15) is 0 Å². The van der Waals surface area contributed by atoms with Crippen LogP contribution >= 0.6 is 0 Å². The van der Waals surface area contributed by atoms with E-state index in [1.54, 1.807) is 0 Å². The van der Waals surface area contributed by atoms with E-state index in [4.69, 9.17) is 4.74 Å². The van der Waals surface area contributed by atoms with E-state index in [1.165, 1.54) is 31.4 Å². The van der Waals surface area contributed by atoms with Gasteiger partial charge in [0.15, 0.2) is 17.8 Å². The first-order valence-corrected chi connectivity index (χ1v) is 5.90. The molecule has 0 heterocycles. The molecular formula is C15H11F3O3. The van der Waals surface area contributed by atoms with Crippen LogP contribution in [-0.2, 0) is 6.18 Å². The fourth-order valence-corrected chi connectivity index (χ4v) is 1.93. The summed E-state index contributed by atoms with van der Waals surface area (Å²) >= 11 is 0. The van der Waals surface area contributed by atoms with Gasteiger partial charge in [-0.2, -0.15) is 13.2 Å². The van der Waals surface area contributed by atoms with Crippen molar-refractivity contribution in [2.24, 2.45) is 0 Å². The molecule has 110 valence electrons. The molecule has 0 unspecified atom stereocenters. The summed E-state index contributed by atoms with van der Waals surface area (Å²) in [6.45, 7) is 0. The first-order valence-electron chi connectivity index (χ1n) is 5.90. The fraction of sp³-hybridized carbons (Fsp3) is 0.133. The Morgan fingerprint density at radius 2 is 1.76 bits per heavy atom. The monoisotopic (exact) mass is 296 g/mol. The Morgan fingerprint density at radius 1 is 1.14 bits per heavy atom. The normalized spacial score (nSPS) is 11.2. The first-order chi connectivity index (χ1) is 9.86. The van der Waals surface area contributed by atoms with Crippen molar-refractivity contribution in [2.75, 3.05) is 7.11 Å². The number of methoxy groups -OCH3 is 1. The maximum atomic E-state index is 12.5. The van der Waals surface area contributed by atoms with Gasteiger partial charge in [0, 0.05) is 5.56 Å². The van der Waals surface area contributed by atoms with E-state index < -0.39 is 11.7 Å². The molecule has 0 saturated carbocycles. The SMILES string of the molecule is COc1cc(C=O)c(-c2ccc(C(F)(F)F)cc2)cc1O. The highest BCUT2D eigenvalue weighted by molar-refractivity contribution is 5.89. The molecule has 0 aliphatic heterocycles. The smallest absolute Gasteiger partial charge is 0.416 e. The molecule has 0 fully saturated rings. The number of rotatable bonds is 3. The Kier molecular flexibility index (Phi) is 3.88. The molecule has 0 saturated heterocycles. The van der Waals surface area contributed by atoms with Gasteiger partial charge in [0.2, 0.25) is 0 Å². The topological polar surface area (TPSA) is 46.5 Å². The van der Waals surface area contributed by atoms with E-state index >= 15 is 0 Å². The van der Waals surface area contributed by atoms with Crippen LogP contribution in [0.25, 0.3) is 11.1 Å². The number of hydrogen-bond donors (Lipinski definition) is 1. The number of phenolic OH excluding ortho intramolecular Hbond substituents is 1. The molecule has 3 nitrogen and oxygen atoms in total. The number of hydrogen-bond acceptors (Lipinski definition) is 3. The molecule has 0 spiro atoms. The number of benzene rings is 2. The Hall–Kier alpha value is -2.50. The second kappa shape index (κ2) is 5.47. The number of carbonyl (C=O) groups is 1. The minimum Gasteiger partial charge on any atom is -0.504 e. The van der Waals surface area contributed by atoms with Crippen molar-refractivity contribution in [3.63, 3.8) is 0 Å². The summed E-state index contributed by atoms with van der Waals surface area (Å²) < 4.78 is 42.4. The lowest BCUT2D eigenvalue weighted by Gasteiger charge is -2.11.